The van der Waals surface area contributed by atoms with Crippen LogP contribution < -0.4 is 14.4 Å². The number of rotatable bonds is 11. The smallest absolute Gasteiger partial charge is 0.264 e. The number of nitrogens with one attached hydrogen (secondary N) is 1. The lowest BCUT2D eigenvalue weighted by molar-refractivity contribution is -0.140. The number of methoxy groups -OCH3 is 1. The van der Waals surface area contributed by atoms with Crippen molar-refractivity contribution in [2.75, 3.05) is 25.0 Å². The molecule has 0 fully saturated rings. The highest BCUT2D eigenvalue weighted by Gasteiger charge is 2.33. The molecule has 8 nitrogen and oxygen atoms in total. The number of anilines is 1. The number of likely N-dealkylation sites (N-methyl/N-ethyl adjacent to an activating group) is 1. The normalized spacial score (nSPS) is 11.9. The van der Waals surface area contributed by atoms with Crippen LogP contribution in [0.15, 0.2) is 83.8 Å². The van der Waals surface area contributed by atoms with E-state index in [-0.39, 0.29) is 17.3 Å². The van der Waals surface area contributed by atoms with Crippen molar-refractivity contribution in [1.82, 2.24) is 10.2 Å². The van der Waals surface area contributed by atoms with Crippen LogP contribution in [0, 0.1) is 3.57 Å². The monoisotopic (exact) mass is 635 g/mol. The van der Waals surface area contributed by atoms with E-state index in [1.807, 2.05) is 13.0 Å². The van der Waals surface area contributed by atoms with E-state index in [0.717, 1.165) is 13.4 Å². The summed E-state index contributed by atoms with van der Waals surface area (Å²) < 4.78 is 34.7. The van der Waals surface area contributed by atoms with Gasteiger partial charge in [0.1, 0.15) is 18.3 Å². The van der Waals surface area contributed by atoms with Crippen LogP contribution in [-0.4, -0.2) is 51.9 Å². The average Bonchev–Trinajstić information content (AvgIpc) is 2.92. The number of carbonyl (C=O) groups excluding carboxylic acids is 2. The lowest BCUT2D eigenvalue weighted by Gasteiger charge is -2.33. The van der Waals surface area contributed by atoms with Gasteiger partial charge < -0.3 is 15.0 Å². The van der Waals surface area contributed by atoms with Gasteiger partial charge in [0.05, 0.1) is 17.7 Å². The van der Waals surface area contributed by atoms with E-state index in [1.54, 1.807) is 67.8 Å². The first kappa shape index (κ1) is 28.5. The highest BCUT2D eigenvalue weighted by atomic mass is 127. The maximum atomic E-state index is 13.9. The zero-order valence-corrected chi connectivity index (χ0v) is 23.9. The number of sulfonamides is 1. The largest absolute Gasteiger partial charge is 0.497 e. The van der Waals surface area contributed by atoms with Crippen LogP contribution in [0.4, 0.5) is 5.69 Å². The number of amides is 2. The molecule has 0 aliphatic carbocycles. The Morgan fingerprint density at radius 3 is 2.27 bits per heavy atom. The van der Waals surface area contributed by atoms with Crippen LogP contribution in [0.5, 0.6) is 5.75 Å². The van der Waals surface area contributed by atoms with E-state index in [2.05, 4.69) is 27.9 Å². The van der Waals surface area contributed by atoms with Gasteiger partial charge >= 0.3 is 0 Å². The molecule has 0 bridgehead atoms. The van der Waals surface area contributed by atoms with Crippen molar-refractivity contribution < 1.29 is 22.7 Å². The van der Waals surface area contributed by atoms with E-state index < -0.39 is 28.5 Å². The first-order chi connectivity index (χ1) is 17.7. The van der Waals surface area contributed by atoms with Crippen molar-refractivity contribution >= 4 is 50.1 Å². The molecular weight excluding hydrogens is 605 g/mol. The molecule has 0 spiro atoms. The van der Waals surface area contributed by atoms with Crippen molar-refractivity contribution in [3.05, 3.63) is 88.0 Å². The Labute approximate surface area is 231 Å². The van der Waals surface area contributed by atoms with Gasteiger partial charge in [0, 0.05) is 17.2 Å². The molecule has 3 aromatic carbocycles. The maximum absolute atomic E-state index is 13.9. The third-order valence-corrected chi connectivity index (χ3v) is 8.35. The number of hydrogen-bond acceptors (Lipinski definition) is 5. The van der Waals surface area contributed by atoms with Gasteiger partial charge in [-0.1, -0.05) is 37.3 Å². The summed E-state index contributed by atoms with van der Waals surface area (Å²) in [5, 5.41) is 2.62. The Hall–Kier alpha value is -3.12. The number of ether oxygens (including phenoxy) is 1. The zero-order chi connectivity index (χ0) is 27.0. The molecule has 1 N–H and O–H groups in total. The van der Waals surface area contributed by atoms with Crippen LogP contribution in [0.3, 0.4) is 0 Å². The quantitative estimate of drug-likeness (QED) is 0.321. The van der Waals surface area contributed by atoms with Crippen LogP contribution in [-0.2, 0) is 26.2 Å². The fraction of sp³-hybridized carbons (Fsp3) is 0.259. The first-order valence-corrected chi connectivity index (χ1v) is 14.2. The number of nitrogens with zero attached hydrogens (tertiary/aromatic N) is 2. The van der Waals surface area contributed by atoms with Gasteiger partial charge in [-0.05, 0) is 83.1 Å². The number of halogens is 1. The summed E-state index contributed by atoms with van der Waals surface area (Å²) in [6.45, 7) is 1.44. The Kier molecular flexibility index (Phi) is 9.93. The summed E-state index contributed by atoms with van der Waals surface area (Å²) >= 11 is 2.13. The molecule has 1 atom stereocenters. The third kappa shape index (κ3) is 7.01. The standard InChI is InChI=1S/C27H30IN3O5S/c1-4-25(27(33)29-2)30(18-20-9-8-10-23(17-20)36-3)26(32)19-31(22-15-13-21(28)14-16-22)37(34,35)24-11-6-5-7-12-24/h5-17,25H,4,18-19H2,1-3H3,(H,29,33). The lowest BCUT2D eigenvalue weighted by atomic mass is 10.1. The molecule has 0 aromatic heterocycles. The van der Waals surface area contributed by atoms with Gasteiger partial charge in [-0.2, -0.15) is 0 Å². The summed E-state index contributed by atoms with van der Waals surface area (Å²) in [7, 11) is -1.01. The third-order valence-electron chi connectivity index (χ3n) is 5.84. The van der Waals surface area contributed by atoms with Gasteiger partial charge in [-0.25, -0.2) is 8.42 Å². The first-order valence-electron chi connectivity index (χ1n) is 11.7. The fourth-order valence-electron chi connectivity index (χ4n) is 3.91. The highest BCUT2D eigenvalue weighted by Crippen LogP contribution is 2.26. The number of hydrogen-bond donors (Lipinski definition) is 1. The molecule has 0 saturated carbocycles. The Bertz CT molecular complexity index is 1320. The summed E-state index contributed by atoms with van der Waals surface area (Å²) in [4.78, 5) is 28.1. The second-order valence-corrected chi connectivity index (χ2v) is 11.3. The molecule has 0 radical (unpaired) electrons. The topological polar surface area (TPSA) is 96.0 Å². The molecule has 196 valence electrons. The number of carbonyl (C=O) groups is 2. The summed E-state index contributed by atoms with van der Waals surface area (Å²) in [6.07, 6.45) is 0.352. The molecule has 10 heteroatoms. The zero-order valence-electron chi connectivity index (χ0n) is 20.9. The molecule has 37 heavy (non-hydrogen) atoms. The van der Waals surface area contributed by atoms with Gasteiger partial charge in [0.25, 0.3) is 10.0 Å². The van der Waals surface area contributed by atoms with E-state index in [9.17, 15) is 18.0 Å². The van der Waals surface area contributed by atoms with E-state index in [1.165, 1.54) is 24.1 Å². The van der Waals surface area contributed by atoms with Crippen molar-refractivity contribution in [3.8, 4) is 5.75 Å². The minimum Gasteiger partial charge on any atom is -0.497 e. The van der Waals surface area contributed by atoms with Crippen molar-refractivity contribution in [3.63, 3.8) is 0 Å². The van der Waals surface area contributed by atoms with Crippen molar-refractivity contribution in [1.29, 1.82) is 0 Å². The molecule has 2 amide bonds. The summed E-state index contributed by atoms with van der Waals surface area (Å²) in [5.41, 5.74) is 1.11. The predicted octanol–water partition coefficient (Wildman–Crippen LogP) is 4.05. The van der Waals surface area contributed by atoms with Crippen LogP contribution in [0.2, 0.25) is 0 Å². The second-order valence-electron chi connectivity index (χ2n) is 8.21. The van der Waals surface area contributed by atoms with Crippen LogP contribution >= 0.6 is 22.6 Å². The molecule has 1 unspecified atom stereocenters. The maximum Gasteiger partial charge on any atom is 0.264 e. The fourth-order valence-corrected chi connectivity index (χ4v) is 5.70. The van der Waals surface area contributed by atoms with E-state index >= 15 is 0 Å². The molecule has 0 saturated heterocycles. The van der Waals surface area contributed by atoms with Gasteiger partial charge in [0.15, 0.2) is 0 Å². The summed E-state index contributed by atoms with van der Waals surface area (Å²) in [5.74, 6) is -0.216. The Balaban J connectivity index is 2.04. The molecule has 0 aliphatic rings. The van der Waals surface area contributed by atoms with Gasteiger partial charge in [-0.3, -0.25) is 13.9 Å². The second kappa shape index (κ2) is 12.9. The average molecular weight is 636 g/mol. The van der Waals surface area contributed by atoms with Crippen LogP contribution in [0.1, 0.15) is 18.9 Å². The number of benzene rings is 3. The van der Waals surface area contributed by atoms with Gasteiger partial charge in [-0.15, -0.1) is 0 Å². The molecule has 3 rings (SSSR count). The Morgan fingerprint density at radius 2 is 1.68 bits per heavy atom. The van der Waals surface area contributed by atoms with Gasteiger partial charge in [0.2, 0.25) is 11.8 Å². The lowest BCUT2D eigenvalue weighted by Crippen LogP contribution is -2.51. The van der Waals surface area contributed by atoms with Crippen molar-refractivity contribution in [2.24, 2.45) is 0 Å². The SMILES string of the molecule is CCC(C(=O)NC)N(Cc1cccc(OC)c1)C(=O)CN(c1ccc(I)cc1)S(=O)(=O)c1ccccc1. The minimum atomic E-state index is -4.07. The van der Waals surface area contributed by atoms with Crippen LogP contribution in [0.25, 0.3) is 0 Å². The molecular formula is C27H30IN3O5S. The Morgan fingerprint density at radius 1 is 1.00 bits per heavy atom. The molecule has 0 heterocycles. The predicted molar refractivity (Wildman–Crippen MR) is 152 cm³/mol. The summed E-state index contributed by atoms with van der Waals surface area (Å²) in [6, 6.07) is 21.3. The van der Waals surface area contributed by atoms with E-state index in [4.69, 9.17) is 4.74 Å². The molecule has 0 aliphatic heterocycles. The van der Waals surface area contributed by atoms with Crippen molar-refractivity contribution in [2.45, 2.75) is 30.8 Å². The minimum absolute atomic E-state index is 0.0686. The van der Waals surface area contributed by atoms with E-state index in [0.29, 0.717) is 17.9 Å². The highest BCUT2D eigenvalue weighted by molar-refractivity contribution is 14.1. The molecule has 3 aromatic rings.